The lowest BCUT2D eigenvalue weighted by Crippen LogP contribution is -2.21. The summed E-state index contributed by atoms with van der Waals surface area (Å²) < 4.78 is 3.24. The molecule has 0 fully saturated rings. The van der Waals surface area contributed by atoms with Gasteiger partial charge in [0.15, 0.2) is 0 Å². The van der Waals surface area contributed by atoms with Crippen LogP contribution in [0.25, 0.3) is 0 Å². The fraction of sp³-hybridized carbons (Fsp3) is 0.500. The molecule has 114 valence electrons. The number of hydrogen-bond acceptors (Lipinski definition) is 3. The molecule has 0 aromatic carbocycles. The molecule has 5 heteroatoms. The first-order valence-electron chi connectivity index (χ1n) is 7.44. The quantitative estimate of drug-likeness (QED) is 0.867. The Balaban J connectivity index is 2.35. The third-order valence-corrected chi connectivity index (χ3v) is 4.81. The number of hydrogen-bond donors (Lipinski definition) is 1. The van der Waals surface area contributed by atoms with Crippen LogP contribution in [0.15, 0.2) is 22.9 Å². The van der Waals surface area contributed by atoms with Gasteiger partial charge in [0.1, 0.15) is 0 Å². The Morgan fingerprint density at radius 1 is 1.38 bits per heavy atom. The number of aromatic nitrogens is 3. The monoisotopic (exact) mass is 350 g/mol. The molecule has 1 unspecified atom stereocenters. The Bertz CT molecular complexity index is 606. The van der Waals surface area contributed by atoms with Gasteiger partial charge < -0.3 is 5.32 Å². The van der Waals surface area contributed by atoms with Crippen molar-refractivity contribution in [1.82, 2.24) is 20.1 Å². The van der Waals surface area contributed by atoms with Gasteiger partial charge in [0, 0.05) is 31.4 Å². The van der Waals surface area contributed by atoms with Gasteiger partial charge in [-0.2, -0.15) is 5.10 Å². The van der Waals surface area contributed by atoms with Gasteiger partial charge in [0.2, 0.25) is 0 Å². The highest BCUT2D eigenvalue weighted by Gasteiger charge is 2.20. The summed E-state index contributed by atoms with van der Waals surface area (Å²) in [6.45, 7) is 7.28. The van der Waals surface area contributed by atoms with Crippen LogP contribution in [-0.4, -0.2) is 21.8 Å². The summed E-state index contributed by atoms with van der Waals surface area (Å²) in [7, 11) is 2.00. The van der Waals surface area contributed by atoms with Crippen molar-refractivity contribution in [3.8, 4) is 0 Å². The minimum atomic E-state index is 0.238. The van der Waals surface area contributed by atoms with Crippen LogP contribution in [-0.2, 0) is 19.4 Å². The van der Waals surface area contributed by atoms with Gasteiger partial charge >= 0.3 is 0 Å². The summed E-state index contributed by atoms with van der Waals surface area (Å²) in [5.41, 5.74) is 4.88. The highest BCUT2D eigenvalue weighted by atomic mass is 79.9. The minimum Gasteiger partial charge on any atom is -0.313 e. The molecule has 2 aromatic heterocycles. The molecule has 2 rings (SSSR count). The van der Waals surface area contributed by atoms with Gasteiger partial charge in [-0.05, 0) is 60.4 Å². The highest BCUT2D eigenvalue weighted by molar-refractivity contribution is 9.10. The molecule has 0 spiro atoms. The van der Waals surface area contributed by atoms with Crippen molar-refractivity contribution in [3.05, 3.63) is 45.4 Å². The molecule has 0 aliphatic heterocycles. The van der Waals surface area contributed by atoms with Gasteiger partial charge in [-0.3, -0.25) is 9.67 Å². The maximum atomic E-state index is 4.68. The molecule has 0 amide bonds. The Labute approximate surface area is 135 Å². The van der Waals surface area contributed by atoms with E-state index in [-0.39, 0.29) is 6.04 Å². The number of halogens is 1. The fourth-order valence-electron chi connectivity index (χ4n) is 2.61. The number of likely N-dealkylation sites (N-methyl/N-ethyl adjacent to an activating group) is 1. The molecule has 4 nitrogen and oxygen atoms in total. The summed E-state index contributed by atoms with van der Waals surface area (Å²) in [5, 5.41) is 8.09. The molecule has 0 aliphatic rings. The number of nitrogens with one attached hydrogen (secondary N) is 1. The van der Waals surface area contributed by atoms with E-state index in [0.717, 1.165) is 29.6 Å². The van der Waals surface area contributed by atoms with Crippen molar-refractivity contribution in [2.24, 2.45) is 0 Å². The maximum absolute atomic E-state index is 4.68. The molecule has 0 bridgehead atoms. The molecule has 0 saturated heterocycles. The van der Waals surface area contributed by atoms with E-state index in [9.17, 15) is 0 Å². The fourth-order valence-corrected chi connectivity index (χ4v) is 3.34. The van der Waals surface area contributed by atoms with Crippen molar-refractivity contribution in [1.29, 1.82) is 0 Å². The van der Waals surface area contributed by atoms with Gasteiger partial charge in [-0.1, -0.05) is 6.92 Å². The Hall–Kier alpha value is -1.20. The van der Waals surface area contributed by atoms with Crippen LogP contribution in [0, 0.1) is 6.92 Å². The first-order chi connectivity index (χ1) is 10.1. The normalized spacial score (nSPS) is 12.6. The van der Waals surface area contributed by atoms with Gasteiger partial charge in [-0.15, -0.1) is 0 Å². The van der Waals surface area contributed by atoms with E-state index >= 15 is 0 Å². The molecule has 2 aromatic rings. The largest absolute Gasteiger partial charge is 0.313 e. The van der Waals surface area contributed by atoms with Crippen molar-refractivity contribution in [2.45, 2.75) is 46.2 Å². The van der Waals surface area contributed by atoms with Gasteiger partial charge in [-0.25, -0.2) is 0 Å². The first kappa shape index (κ1) is 16.2. The Morgan fingerprint density at radius 3 is 2.71 bits per heavy atom. The van der Waals surface area contributed by atoms with E-state index in [1.807, 2.05) is 19.4 Å². The molecular weight excluding hydrogens is 328 g/mol. The lowest BCUT2D eigenvalue weighted by Gasteiger charge is -2.19. The van der Waals surface area contributed by atoms with Crippen LogP contribution in [0.3, 0.4) is 0 Å². The predicted octanol–water partition coefficient (Wildman–Crippen LogP) is 3.43. The second-order valence-corrected chi connectivity index (χ2v) is 5.95. The number of pyridine rings is 1. The Kier molecular flexibility index (Phi) is 5.53. The van der Waals surface area contributed by atoms with E-state index < -0.39 is 0 Å². The lowest BCUT2D eigenvalue weighted by molar-refractivity contribution is 0.536. The molecule has 1 N–H and O–H groups in total. The maximum Gasteiger partial charge on any atom is 0.0766 e. The topological polar surface area (TPSA) is 42.7 Å². The zero-order valence-electron chi connectivity index (χ0n) is 13.2. The summed E-state index contributed by atoms with van der Waals surface area (Å²) in [6.07, 6.45) is 5.63. The van der Waals surface area contributed by atoms with Crippen LogP contribution in [0.1, 0.15) is 42.4 Å². The molecule has 2 heterocycles. The highest BCUT2D eigenvalue weighted by Crippen LogP contribution is 2.28. The van der Waals surface area contributed by atoms with E-state index in [1.54, 1.807) is 0 Å². The third kappa shape index (κ3) is 3.35. The second-order valence-electron chi connectivity index (χ2n) is 5.15. The smallest absolute Gasteiger partial charge is 0.0766 e. The first-order valence-corrected chi connectivity index (χ1v) is 8.23. The minimum absolute atomic E-state index is 0.238. The third-order valence-electron chi connectivity index (χ3n) is 3.90. The Morgan fingerprint density at radius 2 is 2.14 bits per heavy atom. The van der Waals surface area contributed by atoms with Crippen LogP contribution < -0.4 is 5.32 Å². The van der Waals surface area contributed by atoms with Gasteiger partial charge in [0.05, 0.1) is 15.9 Å². The van der Waals surface area contributed by atoms with Crippen LogP contribution in [0.5, 0.6) is 0 Å². The van der Waals surface area contributed by atoms with Crippen LogP contribution in [0.2, 0.25) is 0 Å². The molecule has 1 atom stereocenters. The average molecular weight is 351 g/mol. The lowest BCUT2D eigenvalue weighted by atomic mass is 9.99. The zero-order chi connectivity index (χ0) is 15.4. The number of nitrogens with zero attached hydrogens (tertiary/aromatic N) is 3. The molecule has 0 aliphatic carbocycles. The predicted molar refractivity (Wildman–Crippen MR) is 89.5 cm³/mol. The molecular formula is C16H23BrN4. The van der Waals surface area contributed by atoms with E-state index in [2.05, 4.69) is 62.8 Å². The number of rotatable bonds is 6. The van der Waals surface area contributed by atoms with Crippen molar-refractivity contribution in [3.63, 3.8) is 0 Å². The summed E-state index contributed by atoms with van der Waals surface area (Å²) in [6, 6.07) is 2.30. The van der Waals surface area contributed by atoms with E-state index in [4.69, 9.17) is 0 Å². The second kappa shape index (κ2) is 7.18. The zero-order valence-corrected chi connectivity index (χ0v) is 14.7. The standard InChI is InChI=1S/C16H23BrN4/c1-5-13-16(17)15(21(6-2)20-13)9-14(18-4)12-10-19-8-7-11(12)3/h7-8,10,14,18H,5-6,9H2,1-4H3. The van der Waals surface area contributed by atoms with Crippen LogP contribution in [0.4, 0.5) is 0 Å². The van der Waals surface area contributed by atoms with Gasteiger partial charge in [0.25, 0.3) is 0 Å². The summed E-state index contributed by atoms with van der Waals surface area (Å²) in [5.74, 6) is 0. The molecule has 21 heavy (non-hydrogen) atoms. The summed E-state index contributed by atoms with van der Waals surface area (Å²) in [4.78, 5) is 4.27. The van der Waals surface area contributed by atoms with Crippen molar-refractivity contribution in [2.75, 3.05) is 7.05 Å². The van der Waals surface area contributed by atoms with E-state index in [0.29, 0.717) is 0 Å². The van der Waals surface area contributed by atoms with Crippen LogP contribution >= 0.6 is 15.9 Å². The van der Waals surface area contributed by atoms with Crippen molar-refractivity contribution >= 4 is 15.9 Å². The van der Waals surface area contributed by atoms with Crippen molar-refractivity contribution < 1.29 is 0 Å². The average Bonchev–Trinajstić information content (AvgIpc) is 2.81. The number of aryl methyl sites for hydroxylation is 3. The SMILES string of the molecule is CCc1nn(CC)c(CC(NC)c2cnccc2C)c1Br. The molecule has 0 saturated carbocycles. The molecule has 0 radical (unpaired) electrons. The summed E-state index contributed by atoms with van der Waals surface area (Å²) >= 11 is 3.73. The van der Waals surface area contributed by atoms with E-state index in [1.165, 1.54) is 16.8 Å².